The van der Waals surface area contributed by atoms with Gasteiger partial charge in [-0.05, 0) is 38.9 Å². The van der Waals surface area contributed by atoms with Crippen LogP contribution >= 0.6 is 0 Å². The Bertz CT molecular complexity index is 528. The third-order valence-electron chi connectivity index (χ3n) is 4.17. The standard InChI is InChI=1S/C16H22N2O/c1-17-15(10-12-6-4-5-9-18-12)14-11-19-16-8-3-2-7-13(14)16/h2-3,7-8,11-12,15,17-18H,4-6,9-10H2,1H3. The van der Waals surface area contributed by atoms with E-state index in [1.807, 2.05) is 25.4 Å². The third-order valence-corrected chi connectivity index (χ3v) is 4.17. The minimum absolute atomic E-state index is 0.360. The Balaban J connectivity index is 1.81. The summed E-state index contributed by atoms with van der Waals surface area (Å²) in [5, 5.41) is 8.30. The lowest BCUT2D eigenvalue weighted by atomic mass is 9.94. The van der Waals surface area contributed by atoms with Crippen LogP contribution in [0.2, 0.25) is 0 Å². The zero-order valence-corrected chi connectivity index (χ0v) is 11.5. The number of fused-ring (bicyclic) bond motifs is 1. The molecule has 0 bridgehead atoms. The molecule has 2 N–H and O–H groups in total. The predicted molar refractivity (Wildman–Crippen MR) is 78.3 cm³/mol. The Morgan fingerprint density at radius 2 is 2.26 bits per heavy atom. The molecule has 2 atom stereocenters. The van der Waals surface area contributed by atoms with Gasteiger partial charge in [0.1, 0.15) is 5.58 Å². The van der Waals surface area contributed by atoms with Crippen molar-refractivity contribution >= 4 is 11.0 Å². The van der Waals surface area contributed by atoms with Crippen LogP contribution in [0, 0.1) is 0 Å². The Kier molecular flexibility index (Phi) is 3.85. The number of furan rings is 1. The maximum atomic E-state index is 5.66. The number of hydrogen-bond acceptors (Lipinski definition) is 3. The fraction of sp³-hybridized carbons (Fsp3) is 0.500. The van der Waals surface area contributed by atoms with Crippen LogP contribution in [0.3, 0.4) is 0 Å². The number of hydrogen-bond donors (Lipinski definition) is 2. The first-order chi connectivity index (χ1) is 9.38. The molecule has 3 nitrogen and oxygen atoms in total. The zero-order valence-electron chi connectivity index (χ0n) is 11.5. The summed E-state index contributed by atoms with van der Waals surface area (Å²) in [6.07, 6.45) is 6.98. The van der Waals surface area contributed by atoms with Gasteiger partial charge in [-0.25, -0.2) is 0 Å². The Hall–Kier alpha value is -1.32. The van der Waals surface area contributed by atoms with Gasteiger partial charge in [0.2, 0.25) is 0 Å². The quantitative estimate of drug-likeness (QED) is 0.884. The lowest BCUT2D eigenvalue weighted by Gasteiger charge is -2.27. The first-order valence-electron chi connectivity index (χ1n) is 7.25. The molecule has 1 aliphatic rings. The summed E-state index contributed by atoms with van der Waals surface area (Å²) in [4.78, 5) is 0. The van der Waals surface area contributed by atoms with Crippen LogP contribution in [0.25, 0.3) is 11.0 Å². The first-order valence-corrected chi connectivity index (χ1v) is 7.25. The summed E-state index contributed by atoms with van der Waals surface area (Å²) in [5.41, 5.74) is 2.26. The molecule has 1 aromatic carbocycles. The van der Waals surface area contributed by atoms with Crippen molar-refractivity contribution in [3.63, 3.8) is 0 Å². The largest absolute Gasteiger partial charge is 0.464 e. The molecule has 0 aliphatic carbocycles. The van der Waals surface area contributed by atoms with E-state index in [9.17, 15) is 0 Å². The van der Waals surface area contributed by atoms with Gasteiger partial charge in [0.05, 0.1) is 6.26 Å². The summed E-state index contributed by atoms with van der Waals surface area (Å²) in [6.45, 7) is 1.16. The van der Waals surface area contributed by atoms with E-state index in [0.717, 1.165) is 18.5 Å². The molecule has 1 fully saturated rings. The van der Waals surface area contributed by atoms with Crippen molar-refractivity contribution in [1.82, 2.24) is 10.6 Å². The summed E-state index contributed by atoms with van der Waals surface area (Å²) in [6, 6.07) is 9.26. The lowest BCUT2D eigenvalue weighted by molar-refractivity contribution is 0.346. The van der Waals surface area contributed by atoms with Gasteiger partial charge < -0.3 is 15.1 Å². The highest BCUT2D eigenvalue weighted by molar-refractivity contribution is 5.81. The molecule has 0 amide bonds. The van der Waals surface area contributed by atoms with Crippen LogP contribution in [-0.2, 0) is 0 Å². The fourth-order valence-electron chi connectivity index (χ4n) is 3.08. The molecule has 2 heterocycles. The molecule has 0 spiro atoms. The van der Waals surface area contributed by atoms with Gasteiger partial charge in [0, 0.05) is 23.0 Å². The van der Waals surface area contributed by atoms with Gasteiger partial charge in [-0.1, -0.05) is 24.6 Å². The van der Waals surface area contributed by atoms with E-state index in [1.165, 1.54) is 30.2 Å². The maximum absolute atomic E-state index is 5.66. The summed E-state index contributed by atoms with van der Waals surface area (Å²) in [5.74, 6) is 0. The molecule has 3 rings (SSSR count). The van der Waals surface area contributed by atoms with E-state index >= 15 is 0 Å². The van der Waals surface area contributed by atoms with Gasteiger partial charge >= 0.3 is 0 Å². The number of nitrogens with one attached hydrogen (secondary N) is 2. The average molecular weight is 258 g/mol. The third kappa shape index (κ3) is 2.67. The van der Waals surface area contributed by atoms with Crippen LogP contribution in [-0.4, -0.2) is 19.6 Å². The predicted octanol–water partition coefficient (Wildman–Crippen LogP) is 3.23. The van der Waals surface area contributed by atoms with Gasteiger partial charge in [-0.2, -0.15) is 0 Å². The molecule has 1 aromatic heterocycles. The van der Waals surface area contributed by atoms with Crippen LogP contribution in [0.15, 0.2) is 34.9 Å². The second-order valence-corrected chi connectivity index (χ2v) is 5.41. The molecule has 102 valence electrons. The second-order valence-electron chi connectivity index (χ2n) is 5.41. The number of benzene rings is 1. The summed E-state index contributed by atoms with van der Waals surface area (Å²) in [7, 11) is 2.04. The van der Waals surface area contributed by atoms with E-state index < -0.39 is 0 Å². The summed E-state index contributed by atoms with van der Waals surface area (Å²) < 4.78 is 5.66. The minimum Gasteiger partial charge on any atom is -0.464 e. The minimum atomic E-state index is 0.360. The van der Waals surface area contributed by atoms with Crippen LogP contribution in [0.1, 0.15) is 37.3 Å². The molecular weight excluding hydrogens is 236 g/mol. The van der Waals surface area contributed by atoms with Crippen LogP contribution < -0.4 is 10.6 Å². The van der Waals surface area contributed by atoms with Crippen molar-refractivity contribution in [1.29, 1.82) is 0 Å². The van der Waals surface area contributed by atoms with Crippen molar-refractivity contribution in [2.24, 2.45) is 0 Å². The molecular formula is C16H22N2O. The van der Waals surface area contributed by atoms with E-state index in [-0.39, 0.29) is 0 Å². The first kappa shape index (κ1) is 12.7. The van der Waals surface area contributed by atoms with Crippen molar-refractivity contribution < 1.29 is 4.42 Å². The fourth-order valence-corrected chi connectivity index (χ4v) is 3.08. The summed E-state index contributed by atoms with van der Waals surface area (Å²) >= 11 is 0. The molecule has 0 saturated carbocycles. The van der Waals surface area contributed by atoms with Crippen LogP contribution in [0.5, 0.6) is 0 Å². The van der Waals surface area contributed by atoms with E-state index in [0.29, 0.717) is 12.1 Å². The zero-order chi connectivity index (χ0) is 13.1. The highest BCUT2D eigenvalue weighted by atomic mass is 16.3. The van der Waals surface area contributed by atoms with Crippen LogP contribution in [0.4, 0.5) is 0 Å². The molecule has 2 aromatic rings. The molecule has 1 saturated heterocycles. The molecule has 2 unspecified atom stereocenters. The van der Waals surface area contributed by atoms with E-state index in [1.54, 1.807) is 0 Å². The SMILES string of the molecule is CNC(CC1CCCCN1)c1coc2ccccc12. The molecule has 1 aliphatic heterocycles. The van der Waals surface area contributed by atoms with E-state index in [4.69, 9.17) is 4.42 Å². The van der Waals surface area contributed by atoms with Gasteiger partial charge in [-0.15, -0.1) is 0 Å². The highest BCUT2D eigenvalue weighted by Gasteiger charge is 2.21. The Morgan fingerprint density at radius 3 is 3.05 bits per heavy atom. The maximum Gasteiger partial charge on any atom is 0.134 e. The van der Waals surface area contributed by atoms with Crippen molar-refractivity contribution in [3.05, 3.63) is 36.1 Å². The normalized spacial score (nSPS) is 21.6. The van der Waals surface area contributed by atoms with Gasteiger partial charge in [0.15, 0.2) is 0 Å². The Morgan fingerprint density at radius 1 is 1.37 bits per heavy atom. The van der Waals surface area contributed by atoms with Gasteiger partial charge in [-0.3, -0.25) is 0 Å². The number of para-hydroxylation sites is 1. The number of rotatable bonds is 4. The highest BCUT2D eigenvalue weighted by Crippen LogP contribution is 2.29. The second kappa shape index (κ2) is 5.76. The molecule has 19 heavy (non-hydrogen) atoms. The monoisotopic (exact) mass is 258 g/mol. The lowest BCUT2D eigenvalue weighted by Crippen LogP contribution is -2.37. The average Bonchev–Trinajstić information content (AvgIpc) is 2.90. The smallest absolute Gasteiger partial charge is 0.134 e. The molecule has 3 heteroatoms. The van der Waals surface area contributed by atoms with Crippen molar-refractivity contribution in [2.75, 3.05) is 13.6 Å². The molecule has 0 radical (unpaired) electrons. The van der Waals surface area contributed by atoms with E-state index in [2.05, 4.69) is 22.8 Å². The van der Waals surface area contributed by atoms with Crippen molar-refractivity contribution in [2.45, 2.75) is 37.8 Å². The topological polar surface area (TPSA) is 37.2 Å². The Labute approximate surface area is 114 Å². The number of piperidine rings is 1. The van der Waals surface area contributed by atoms with Crippen molar-refractivity contribution in [3.8, 4) is 0 Å². The van der Waals surface area contributed by atoms with Gasteiger partial charge in [0.25, 0.3) is 0 Å².